The Balaban J connectivity index is 2.20. The quantitative estimate of drug-likeness (QED) is 0.852. The number of rotatable bonds is 5. The van der Waals surface area contributed by atoms with Crippen LogP contribution in [0.5, 0.6) is 11.6 Å². The molecular formula is C13H13FN2O4S. The van der Waals surface area contributed by atoms with E-state index in [0.29, 0.717) is 0 Å². The number of hydrogen-bond acceptors (Lipinski definition) is 7. The first kappa shape index (κ1) is 15.0. The normalized spacial score (nSPS) is 10.2. The predicted octanol–water partition coefficient (Wildman–Crippen LogP) is 2.24. The summed E-state index contributed by atoms with van der Waals surface area (Å²) in [6, 6.07) is 4.68. The molecule has 0 spiro atoms. The monoisotopic (exact) mass is 312 g/mol. The molecule has 1 aromatic heterocycles. The van der Waals surface area contributed by atoms with Crippen molar-refractivity contribution in [3.05, 3.63) is 35.1 Å². The van der Waals surface area contributed by atoms with Gasteiger partial charge in [-0.05, 0) is 17.6 Å². The summed E-state index contributed by atoms with van der Waals surface area (Å²) in [6.07, 6.45) is 0. The molecule has 0 saturated heterocycles. The van der Waals surface area contributed by atoms with Gasteiger partial charge in [-0.2, -0.15) is 4.37 Å². The number of halogens is 1. The van der Waals surface area contributed by atoms with Crippen LogP contribution in [0.25, 0.3) is 0 Å². The third kappa shape index (κ3) is 3.05. The van der Waals surface area contributed by atoms with Gasteiger partial charge in [0, 0.05) is 5.56 Å². The highest BCUT2D eigenvalue weighted by molar-refractivity contribution is 7.10. The zero-order valence-corrected chi connectivity index (χ0v) is 12.2. The minimum atomic E-state index is -0.651. The average Bonchev–Trinajstić information content (AvgIpc) is 2.86. The van der Waals surface area contributed by atoms with Gasteiger partial charge in [0.25, 0.3) is 0 Å². The second-order valence-corrected chi connectivity index (χ2v) is 4.75. The smallest absolute Gasteiger partial charge is 0.346 e. The highest BCUT2D eigenvalue weighted by Gasteiger charge is 2.22. The number of nitrogens with two attached hydrogens (primary N) is 1. The van der Waals surface area contributed by atoms with Gasteiger partial charge in [-0.15, -0.1) is 0 Å². The number of methoxy groups -OCH3 is 2. The van der Waals surface area contributed by atoms with Crippen LogP contribution in [0.1, 0.15) is 15.9 Å². The van der Waals surface area contributed by atoms with Crippen LogP contribution in [0.3, 0.4) is 0 Å². The Morgan fingerprint density at radius 2 is 2.19 bits per heavy atom. The number of ether oxygens (including phenoxy) is 3. The van der Waals surface area contributed by atoms with Crippen LogP contribution in [0.15, 0.2) is 18.2 Å². The topological polar surface area (TPSA) is 83.7 Å². The van der Waals surface area contributed by atoms with E-state index in [9.17, 15) is 9.18 Å². The van der Waals surface area contributed by atoms with Crippen LogP contribution in [0.4, 0.5) is 9.39 Å². The van der Waals surface area contributed by atoms with Crippen LogP contribution in [-0.4, -0.2) is 24.6 Å². The Morgan fingerprint density at radius 3 is 2.86 bits per heavy atom. The van der Waals surface area contributed by atoms with Crippen LogP contribution in [-0.2, 0) is 11.3 Å². The molecule has 0 amide bonds. The number of hydrogen-bond donors (Lipinski definition) is 1. The van der Waals surface area contributed by atoms with Crippen LogP contribution in [0, 0.1) is 5.82 Å². The molecule has 112 valence electrons. The van der Waals surface area contributed by atoms with Crippen LogP contribution in [0.2, 0.25) is 0 Å². The zero-order valence-electron chi connectivity index (χ0n) is 11.4. The maximum Gasteiger partial charge on any atom is 0.346 e. The highest BCUT2D eigenvalue weighted by atomic mass is 32.1. The van der Waals surface area contributed by atoms with E-state index in [1.165, 1.54) is 20.3 Å². The lowest BCUT2D eigenvalue weighted by Crippen LogP contribution is -2.07. The predicted molar refractivity (Wildman–Crippen MR) is 75.1 cm³/mol. The molecule has 2 N–H and O–H groups in total. The molecule has 0 fully saturated rings. The molecule has 2 rings (SSSR count). The van der Waals surface area contributed by atoms with Gasteiger partial charge in [0.05, 0.1) is 14.2 Å². The van der Waals surface area contributed by atoms with Gasteiger partial charge in [-0.25, -0.2) is 9.18 Å². The van der Waals surface area contributed by atoms with Crippen LogP contribution < -0.4 is 15.2 Å². The summed E-state index contributed by atoms with van der Waals surface area (Å²) in [7, 11) is 2.60. The van der Waals surface area contributed by atoms with Gasteiger partial charge in [0.1, 0.15) is 11.6 Å². The third-order valence-electron chi connectivity index (χ3n) is 2.70. The number of aromatic nitrogens is 1. The van der Waals surface area contributed by atoms with Crippen LogP contribution >= 0.6 is 11.5 Å². The minimum Gasteiger partial charge on any atom is -0.494 e. The van der Waals surface area contributed by atoms with Crippen molar-refractivity contribution in [1.29, 1.82) is 0 Å². The van der Waals surface area contributed by atoms with E-state index in [0.717, 1.165) is 11.5 Å². The molecule has 0 aliphatic carbocycles. The lowest BCUT2D eigenvalue weighted by atomic mass is 10.2. The second-order valence-electron chi connectivity index (χ2n) is 3.94. The van der Waals surface area contributed by atoms with E-state index in [-0.39, 0.29) is 34.4 Å². The molecule has 1 heterocycles. The minimum absolute atomic E-state index is 0.0200. The maximum atomic E-state index is 14.0. The zero-order chi connectivity index (χ0) is 15.4. The van der Waals surface area contributed by atoms with E-state index >= 15 is 0 Å². The van der Waals surface area contributed by atoms with Crippen molar-refractivity contribution in [2.24, 2.45) is 0 Å². The van der Waals surface area contributed by atoms with Crippen molar-refractivity contribution in [2.45, 2.75) is 6.61 Å². The Labute approximate surface area is 124 Å². The second kappa shape index (κ2) is 6.40. The first-order valence-electron chi connectivity index (χ1n) is 5.86. The summed E-state index contributed by atoms with van der Waals surface area (Å²) in [5.74, 6) is -1.04. The molecule has 0 saturated carbocycles. The Kier molecular flexibility index (Phi) is 4.59. The molecule has 0 aliphatic heterocycles. The number of carbonyl (C=O) groups excluding carboxylic acids is 1. The van der Waals surface area contributed by atoms with E-state index in [4.69, 9.17) is 15.2 Å². The number of nitrogen functional groups attached to an aromatic ring is 1. The molecule has 0 aliphatic rings. The van der Waals surface area contributed by atoms with Crippen molar-refractivity contribution >= 4 is 22.5 Å². The first-order chi connectivity index (χ1) is 10.1. The molecule has 0 bridgehead atoms. The SMILES string of the molecule is COC(=O)c1c(OCc2cccc(OC)c2F)nsc1N. The number of benzene rings is 1. The van der Waals surface area contributed by atoms with Gasteiger partial charge >= 0.3 is 5.97 Å². The number of anilines is 1. The fourth-order valence-corrected chi connectivity index (χ4v) is 2.23. The van der Waals surface area contributed by atoms with Crippen molar-refractivity contribution in [3.8, 4) is 11.6 Å². The maximum absolute atomic E-state index is 14.0. The number of carbonyl (C=O) groups is 1. The molecule has 2 aromatic rings. The molecule has 8 heteroatoms. The lowest BCUT2D eigenvalue weighted by molar-refractivity contribution is 0.0596. The van der Waals surface area contributed by atoms with Crippen molar-refractivity contribution < 1.29 is 23.4 Å². The summed E-state index contributed by atoms with van der Waals surface area (Å²) >= 11 is 0.905. The largest absolute Gasteiger partial charge is 0.494 e. The molecule has 0 atom stereocenters. The molecule has 0 radical (unpaired) electrons. The Morgan fingerprint density at radius 1 is 1.43 bits per heavy atom. The van der Waals surface area contributed by atoms with Crippen molar-refractivity contribution in [1.82, 2.24) is 4.37 Å². The van der Waals surface area contributed by atoms with Crippen molar-refractivity contribution in [3.63, 3.8) is 0 Å². The van der Waals surface area contributed by atoms with E-state index in [1.54, 1.807) is 12.1 Å². The molecule has 21 heavy (non-hydrogen) atoms. The summed E-state index contributed by atoms with van der Waals surface area (Å²) < 4.78 is 32.7. The molecule has 6 nitrogen and oxygen atoms in total. The number of esters is 1. The van der Waals surface area contributed by atoms with E-state index in [1.807, 2.05) is 0 Å². The summed E-state index contributed by atoms with van der Waals surface area (Å²) in [5.41, 5.74) is 5.97. The Bertz CT molecular complexity index is 660. The lowest BCUT2D eigenvalue weighted by Gasteiger charge is -2.08. The molecule has 0 unspecified atom stereocenters. The summed E-state index contributed by atoms with van der Waals surface area (Å²) in [6.45, 7) is -0.115. The fourth-order valence-electron chi connectivity index (χ4n) is 1.65. The summed E-state index contributed by atoms with van der Waals surface area (Å²) in [5, 5.41) is 0.183. The van der Waals surface area contributed by atoms with E-state index < -0.39 is 11.8 Å². The first-order valence-corrected chi connectivity index (χ1v) is 6.63. The van der Waals surface area contributed by atoms with Crippen molar-refractivity contribution in [2.75, 3.05) is 20.0 Å². The third-order valence-corrected chi connectivity index (χ3v) is 3.36. The summed E-state index contributed by atoms with van der Waals surface area (Å²) in [4.78, 5) is 11.6. The molecular weight excluding hydrogens is 299 g/mol. The van der Waals surface area contributed by atoms with Gasteiger partial charge in [0.2, 0.25) is 5.88 Å². The fraction of sp³-hybridized carbons (Fsp3) is 0.231. The Hall–Kier alpha value is -2.35. The number of nitrogens with zero attached hydrogens (tertiary/aromatic N) is 1. The average molecular weight is 312 g/mol. The molecule has 1 aromatic carbocycles. The van der Waals surface area contributed by atoms with Gasteiger partial charge in [-0.1, -0.05) is 12.1 Å². The van der Waals surface area contributed by atoms with Gasteiger partial charge in [-0.3, -0.25) is 0 Å². The van der Waals surface area contributed by atoms with E-state index in [2.05, 4.69) is 9.11 Å². The van der Waals surface area contributed by atoms with Gasteiger partial charge in [0.15, 0.2) is 17.1 Å². The highest BCUT2D eigenvalue weighted by Crippen LogP contribution is 2.29. The standard InChI is InChI=1S/C13H13FN2O4S/c1-18-8-5-3-4-7(10(8)14)6-20-12-9(13(17)19-2)11(15)21-16-12/h3-5H,6,15H2,1-2H3. The van der Waals surface area contributed by atoms with Gasteiger partial charge < -0.3 is 19.9 Å².